The van der Waals surface area contributed by atoms with Crippen molar-refractivity contribution in [1.82, 2.24) is 5.32 Å². The first kappa shape index (κ1) is 35.1. The Bertz CT molecular complexity index is 205. The van der Waals surface area contributed by atoms with Crippen LogP contribution in [0.15, 0.2) is 0 Å². The van der Waals surface area contributed by atoms with E-state index in [0.29, 0.717) is 6.29 Å². The van der Waals surface area contributed by atoms with Crippen molar-refractivity contribution in [3.63, 3.8) is 0 Å². The largest absolute Gasteiger partial charge is 0.385 e. The highest BCUT2D eigenvalue weighted by Crippen LogP contribution is 2.34. The van der Waals surface area contributed by atoms with E-state index < -0.39 is 20.1 Å². The minimum absolute atomic E-state index is 0.0585. The summed E-state index contributed by atoms with van der Waals surface area (Å²) in [6, 6.07) is 0. The SMILES string of the molecule is CC.CC.CC.CCCNC.COP(O)OCC(C)(C)C(O)C=O. The minimum Gasteiger partial charge on any atom is -0.385 e. The van der Waals surface area contributed by atoms with Gasteiger partial charge in [0.1, 0.15) is 12.4 Å². The molecule has 0 spiro atoms. The lowest BCUT2D eigenvalue weighted by atomic mass is 9.88. The molecule has 0 aromatic heterocycles. The van der Waals surface area contributed by atoms with Crippen LogP contribution in [0.1, 0.15) is 68.7 Å². The first-order chi connectivity index (χ1) is 11.4. The summed E-state index contributed by atoms with van der Waals surface area (Å²) in [5.74, 6) is 0. The number of nitrogens with one attached hydrogen (secondary N) is 1. The summed E-state index contributed by atoms with van der Waals surface area (Å²) in [6.45, 7) is 18.7. The molecule has 0 bridgehead atoms. The van der Waals surface area contributed by atoms with Gasteiger partial charge in [0.2, 0.25) is 0 Å². The Morgan fingerprint density at radius 2 is 1.58 bits per heavy atom. The Balaban J connectivity index is -0.0000000911. The van der Waals surface area contributed by atoms with E-state index in [9.17, 15) is 9.90 Å². The van der Waals surface area contributed by atoms with Crippen molar-refractivity contribution < 1.29 is 23.8 Å². The fourth-order valence-electron chi connectivity index (χ4n) is 0.794. The summed E-state index contributed by atoms with van der Waals surface area (Å²) in [4.78, 5) is 19.2. The van der Waals surface area contributed by atoms with Gasteiger partial charge in [-0.05, 0) is 20.0 Å². The number of carbonyl (C=O) groups excluding carboxylic acids is 1. The van der Waals surface area contributed by atoms with Gasteiger partial charge in [-0.3, -0.25) is 0 Å². The molecule has 0 aliphatic carbocycles. The van der Waals surface area contributed by atoms with Gasteiger partial charge in [-0.15, -0.1) is 0 Å². The van der Waals surface area contributed by atoms with Crippen LogP contribution in [-0.2, 0) is 13.8 Å². The number of hydrogen-bond donors (Lipinski definition) is 3. The van der Waals surface area contributed by atoms with E-state index >= 15 is 0 Å². The molecule has 0 amide bonds. The summed E-state index contributed by atoms with van der Waals surface area (Å²) in [7, 11) is 1.38. The van der Waals surface area contributed by atoms with Crippen molar-refractivity contribution >= 4 is 14.9 Å². The molecule has 0 fully saturated rings. The molecule has 0 saturated carbocycles. The van der Waals surface area contributed by atoms with Gasteiger partial charge in [0.05, 0.1) is 6.61 Å². The third-order valence-corrected chi connectivity index (χ3v) is 2.80. The zero-order valence-corrected chi connectivity index (χ0v) is 18.7. The molecule has 3 N–H and O–H groups in total. The summed E-state index contributed by atoms with van der Waals surface area (Å²) in [6.07, 6.45) is 0.569. The van der Waals surface area contributed by atoms with Crippen LogP contribution in [0.5, 0.6) is 0 Å². The smallest absolute Gasteiger partial charge is 0.329 e. The second-order valence-corrected chi connectivity index (χ2v) is 5.47. The topological polar surface area (TPSA) is 88.0 Å². The van der Waals surface area contributed by atoms with Gasteiger partial charge < -0.3 is 29.2 Å². The highest BCUT2D eigenvalue weighted by Gasteiger charge is 2.29. The van der Waals surface area contributed by atoms with E-state index in [4.69, 9.17) is 9.42 Å². The van der Waals surface area contributed by atoms with E-state index in [2.05, 4.69) is 16.8 Å². The maximum absolute atomic E-state index is 10.3. The number of aliphatic hydroxyl groups excluding tert-OH is 1. The van der Waals surface area contributed by atoms with Gasteiger partial charge in [0.25, 0.3) is 0 Å². The minimum atomic E-state index is -1.90. The number of carbonyl (C=O) groups is 1. The van der Waals surface area contributed by atoms with Gasteiger partial charge in [0.15, 0.2) is 0 Å². The van der Waals surface area contributed by atoms with Gasteiger partial charge in [-0.1, -0.05) is 62.3 Å². The van der Waals surface area contributed by atoms with E-state index in [1.54, 1.807) is 13.8 Å². The zero-order valence-electron chi connectivity index (χ0n) is 17.8. The van der Waals surface area contributed by atoms with E-state index in [1.165, 1.54) is 13.5 Å². The molecule has 7 heteroatoms. The second-order valence-electron chi connectivity index (χ2n) is 4.37. The second kappa shape index (κ2) is 30.7. The maximum Gasteiger partial charge on any atom is 0.329 e. The molecule has 6 nitrogen and oxygen atoms in total. The maximum atomic E-state index is 10.3. The van der Waals surface area contributed by atoms with Crippen molar-refractivity contribution in [3.8, 4) is 0 Å². The standard InChI is InChI=1S/C7H15O5P.C4H11N.3C2H6/c1-7(2,6(9)4-8)5-12-13(10)11-3;1-3-4-5-2;3*1-2/h4,6,9-10H,5H2,1-3H3;5H,3-4H2,1-2H3;3*1-2H3. The third-order valence-electron chi connectivity index (χ3n) is 2.13. The van der Waals surface area contributed by atoms with Crippen molar-refractivity contribution in [3.05, 3.63) is 0 Å². The Kier molecular flexibility index (Phi) is 45.0. The Morgan fingerprint density at radius 1 is 1.17 bits per heavy atom. The predicted octanol–water partition coefficient (Wildman–Crippen LogP) is 4.15. The van der Waals surface area contributed by atoms with Crippen molar-refractivity contribution in [2.45, 2.75) is 74.8 Å². The average molecular weight is 374 g/mol. The molecular formula is C17H44NO5P. The van der Waals surface area contributed by atoms with Gasteiger partial charge >= 0.3 is 8.60 Å². The van der Waals surface area contributed by atoms with Crippen LogP contribution in [0.3, 0.4) is 0 Å². The van der Waals surface area contributed by atoms with Crippen LogP contribution in [0.4, 0.5) is 0 Å². The fourth-order valence-corrected chi connectivity index (χ4v) is 1.34. The molecule has 152 valence electrons. The van der Waals surface area contributed by atoms with Gasteiger partial charge in [-0.2, -0.15) is 0 Å². The van der Waals surface area contributed by atoms with Crippen molar-refractivity contribution in [2.24, 2.45) is 5.41 Å². The van der Waals surface area contributed by atoms with Crippen LogP contribution in [0, 0.1) is 5.41 Å². The summed E-state index contributed by atoms with van der Waals surface area (Å²) < 4.78 is 9.35. The summed E-state index contributed by atoms with van der Waals surface area (Å²) in [5.41, 5.74) is -0.719. The molecule has 0 radical (unpaired) electrons. The Hall–Kier alpha value is -0.100. The molecular weight excluding hydrogens is 329 g/mol. The van der Waals surface area contributed by atoms with E-state index in [1.807, 2.05) is 48.6 Å². The van der Waals surface area contributed by atoms with Crippen molar-refractivity contribution in [2.75, 3.05) is 27.3 Å². The lowest BCUT2D eigenvalue weighted by Crippen LogP contribution is -2.34. The van der Waals surface area contributed by atoms with Crippen LogP contribution in [0.2, 0.25) is 0 Å². The highest BCUT2D eigenvalue weighted by atomic mass is 31.2. The van der Waals surface area contributed by atoms with Crippen LogP contribution >= 0.6 is 8.60 Å². The van der Waals surface area contributed by atoms with Crippen LogP contribution in [0.25, 0.3) is 0 Å². The molecule has 0 saturated heterocycles. The van der Waals surface area contributed by atoms with Crippen LogP contribution in [-0.4, -0.2) is 49.7 Å². The lowest BCUT2D eigenvalue weighted by molar-refractivity contribution is -0.121. The Morgan fingerprint density at radius 3 is 1.79 bits per heavy atom. The molecule has 0 aromatic rings. The van der Waals surface area contributed by atoms with Crippen molar-refractivity contribution in [1.29, 1.82) is 0 Å². The number of rotatable bonds is 8. The first-order valence-electron chi connectivity index (χ1n) is 8.79. The predicted molar refractivity (Wildman–Crippen MR) is 106 cm³/mol. The quantitative estimate of drug-likeness (QED) is 0.438. The number of hydrogen-bond acceptors (Lipinski definition) is 6. The normalized spacial score (nSPS) is 11.5. The molecule has 2 unspecified atom stereocenters. The molecule has 2 atom stereocenters. The zero-order chi connectivity index (χ0) is 20.6. The molecule has 24 heavy (non-hydrogen) atoms. The monoisotopic (exact) mass is 373 g/mol. The lowest BCUT2D eigenvalue weighted by Gasteiger charge is -2.26. The average Bonchev–Trinajstić information content (AvgIpc) is 2.65. The summed E-state index contributed by atoms with van der Waals surface area (Å²) >= 11 is 0. The fraction of sp³-hybridized carbons (Fsp3) is 0.941. The van der Waals surface area contributed by atoms with E-state index in [0.717, 1.165) is 6.54 Å². The van der Waals surface area contributed by atoms with Crippen LogP contribution < -0.4 is 5.32 Å². The molecule has 0 rings (SSSR count). The van der Waals surface area contributed by atoms with E-state index in [-0.39, 0.29) is 6.61 Å². The van der Waals surface area contributed by atoms with Gasteiger partial charge in [0, 0.05) is 12.5 Å². The highest BCUT2D eigenvalue weighted by molar-refractivity contribution is 7.40. The summed E-state index contributed by atoms with van der Waals surface area (Å²) in [5, 5.41) is 12.2. The molecule has 0 aromatic carbocycles. The number of aliphatic hydroxyl groups is 1. The molecule has 0 aliphatic heterocycles. The van der Waals surface area contributed by atoms with Gasteiger partial charge in [-0.25, -0.2) is 0 Å². The molecule has 0 heterocycles. The molecule has 0 aliphatic rings. The number of aldehydes is 1. The Labute approximate surface area is 152 Å². The third kappa shape index (κ3) is 29.9. The first-order valence-corrected chi connectivity index (χ1v) is 9.92.